The van der Waals surface area contributed by atoms with Crippen molar-refractivity contribution in [2.45, 2.75) is 17.1 Å². The number of aromatic nitrogens is 6. The van der Waals surface area contributed by atoms with Gasteiger partial charge in [0.05, 0.1) is 11.3 Å². The molecule has 0 aliphatic carbocycles. The number of halogens is 3. The first-order valence-corrected chi connectivity index (χ1v) is 10.4. The van der Waals surface area contributed by atoms with E-state index in [-0.39, 0.29) is 5.56 Å². The Morgan fingerprint density at radius 1 is 1.13 bits per heavy atom. The zero-order valence-electron chi connectivity index (χ0n) is 16.5. The number of hydrogen-bond donors (Lipinski definition) is 1. The number of rotatable bonds is 5. The molecule has 4 rings (SSSR count). The minimum Gasteiger partial charge on any atom is -0.368 e. The quantitative estimate of drug-likeness (QED) is 0.587. The monoisotopic (exact) mass is 452 g/mol. The summed E-state index contributed by atoms with van der Waals surface area (Å²) in [6.07, 6.45) is -4.37. The Bertz CT molecular complexity index is 1110. The third-order valence-corrected chi connectivity index (χ3v) is 5.87. The van der Waals surface area contributed by atoms with Crippen LogP contribution >= 0.6 is 11.8 Å². The highest BCUT2D eigenvalue weighted by atomic mass is 32.2. The number of H-pyrrole nitrogens is 1. The number of nitrogens with one attached hydrogen (secondary N) is 1. The molecule has 0 atom stereocenters. The molecule has 1 aromatic carbocycles. The van der Waals surface area contributed by atoms with Gasteiger partial charge in [0.15, 0.2) is 0 Å². The second-order valence-electron chi connectivity index (χ2n) is 6.96. The molecule has 1 fully saturated rings. The third-order valence-electron chi connectivity index (χ3n) is 4.83. The van der Waals surface area contributed by atoms with E-state index >= 15 is 0 Å². The molecule has 1 saturated heterocycles. The lowest BCUT2D eigenvalue weighted by atomic mass is 10.1. The lowest BCUT2D eigenvalue weighted by Crippen LogP contribution is -2.47. The van der Waals surface area contributed by atoms with Gasteiger partial charge in [0, 0.05) is 50.7 Å². The number of aryl methyl sites for hydroxylation is 1. The summed E-state index contributed by atoms with van der Waals surface area (Å²) in [6.45, 7) is 2.05. The maximum Gasteiger partial charge on any atom is 0.416 e. The molecule has 0 amide bonds. The highest BCUT2D eigenvalue weighted by Crippen LogP contribution is 2.32. The zero-order chi connectivity index (χ0) is 22.0. The van der Waals surface area contributed by atoms with Crippen molar-refractivity contribution in [2.75, 3.05) is 36.0 Å². The molecule has 0 saturated carbocycles. The Kier molecular flexibility index (Phi) is 5.85. The summed E-state index contributed by atoms with van der Waals surface area (Å²) in [5.41, 5.74) is 0.184. The van der Waals surface area contributed by atoms with Crippen LogP contribution in [-0.4, -0.2) is 56.4 Å². The van der Waals surface area contributed by atoms with E-state index in [4.69, 9.17) is 0 Å². The topological polar surface area (TPSA) is 95.8 Å². The van der Waals surface area contributed by atoms with Crippen LogP contribution in [0.15, 0.2) is 40.3 Å². The molecule has 1 N–H and O–H groups in total. The fourth-order valence-corrected chi connectivity index (χ4v) is 4.00. The number of piperazine rings is 1. The molecule has 1 aliphatic rings. The number of aromatic amines is 1. The predicted molar refractivity (Wildman–Crippen MR) is 109 cm³/mol. The van der Waals surface area contributed by atoms with Gasteiger partial charge in [-0.3, -0.25) is 9.78 Å². The van der Waals surface area contributed by atoms with Gasteiger partial charge in [-0.2, -0.15) is 13.2 Å². The van der Waals surface area contributed by atoms with Crippen LogP contribution in [0.5, 0.6) is 0 Å². The maximum absolute atomic E-state index is 13.0. The zero-order valence-corrected chi connectivity index (χ0v) is 17.3. The van der Waals surface area contributed by atoms with Crippen LogP contribution in [0.1, 0.15) is 11.3 Å². The van der Waals surface area contributed by atoms with Crippen LogP contribution in [-0.2, 0) is 19.0 Å². The number of benzene rings is 1. The van der Waals surface area contributed by atoms with E-state index in [0.717, 1.165) is 12.1 Å². The summed E-state index contributed by atoms with van der Waals surface area (Å²) < 4.78 is 40.5. The molecular weight excluding hydrogens is 433 g/mol. The second kappa shape index (κ2) is 8.57. The minimum atomic E-state index is -4.37. The average molecular weight is 452 g/mol. The van der Waals surface area contributed by atoms with Gasteiger partial charge in [-0.05, 0) is 28.6 Å². The van der Waals surface area contributed by atoms with Gasteiger partial charge < -0.3 is 9.80 Å². The Balaban J connectivity index is 1.42. The number of nitrogens with zero attached hydrogens (tertiary/aromatic N) is 7. The fourth-order valence-electron chi connectivity index (χ4n) is 3.25. The second-order valence-corrected chi connectivity index (χ2v) is 7.90. The molecule has 0 radical (unpaired) electrons. The summed E-state index contributed by atoms with van der Waals surface area (Å²) in [7, 11) is 1.73. The average Bonchev–Trinajstić information content (AvgIpc) is 3.16. The van der Waals surface area contributed by atoms with Crippen molar-refractivity contribution in [3.05, 3.63) is 51.9 Å². The first-order chi connectivity index (χ1) is 14.8. The third kappa shape index (κ3) is 4.98. The van der Waals surface area contributed by atoms with E-state index in [0.29, 0.717) is 54.4 Å². The SMILES string of the molecule is Cn1nnnc1SCc1cc(=O)[nH]c(N2CCN(c3cccc(C(F)(F)F)c3)CC2)n1. The standard InChI is InChI=1S/C18H19F3N8OS/c1-27-17(24-25-26-27)31-11-13-10-15(30)23-16(22-13)29-7-5-28(6-8-29)14-4-2-3-12(9-14)18(19,20)21/h2-4,9-10H,5-8,11H2,1H3,(H,22,23,30). The molecule has 0 unspecified atom stereocenters. The smallest absolute Gasteiger partial charge is 0.368 e. The first kappa shape index (κ1) is 21.2. The van der Waals surface area contributed by atoms with Crippen molar-refractivity contribution in [1.82, 2.24) is 30.2 Å². The Morgan fingerprint density at radius 2 is 1.87 bits per heavy atom. The largest absolute Gasteiger partial charge is 0.416 e. The van der Waals surface area contributed by atoms with E-state index < -0.39 is 11.7 Å². The van der Waals surface area contributed by atoms with Gasteiger partial charge in [0.2, 0.25) is 11.1 Å². The summed E-state index contributed by atoms with van der Waals surface area (Å²) in [6, 6.07) is 6.74. The molecule has 9 nitrogen and oxygen atoms in total. The van der Waals surface area contributed by atoms with Crippen molar-refractivity contribution < 1.29 is 13.2 Å². The van der Waals surface area contributed by atoms with Crippen LogP contribution in [0.2, 0.25) is 0 Å². The fraction of sp³-hybridized carbons (Fsp3) is 0.389. The predicted octanol–water partition coefficient (Wildman–Crippen LogP) is 1.93. The number of hydrogen-bond acceptors (Lipinski definition) is 8. The summed E-state index contributed by atoms with van der Waals surface area (Å²) in [4.78, 5) is 23.2. The number of tetrazole rings is 1. The summed E-state index contributed by atoms with van der Waals surface area (Å²) >= 11 is 1.36. The molecule has 13 heteroatoms. The molecular formula is C18H19F3N8OS. The normalized spacial score (nSPS) is 14.8. The van der Waals surface area contributed by atoms with E-state index in [2.05, 4.69) is 25.5 Å². The lowest BCUT2D eigenvalue weighted by molar-refractivity contribution is -0.137. The summed E-state index contributed by atoms with van der Waals surface area (Å²) in [5.74, 6) is 0.873. The number of alkyl halides is 3. The van der Waals surface area contributed by atoms with E-state index in [1.807, 2.05) is 9.80 Å². The molecule has 2 aromatic heterocycles. The van der Waals surface area contributed by atoms with Crippen molar-refractivity contribution in [2.24, 2.45) is 7.05 Å². The minimum absolute atomic E-state index is 0.267. The van der Waals surface area contributed by atoms with Gasteiger partial charge >= 0.3 is 6.18 Å². The molecule has 0 spiro atoms. The van der Waals surface area contributed by atoms with Crippen LogP contribution in [0, 0.1) is 0 Å². The van der Waals surface area contributed by atoms with Crippen molar-refractivity contribution >= 4 is 23.4 Å². The summed E-state index contributed by atoms with van der Waals surface area (Å²) in [5, 5.41) is 11.8. The molecule has 3 aromatic rings. The van der Waals surface area contributed by atoms with Crippen LogP contribution in [0.4, 0.5) is 24.8 Å². The van der Waals surface area contributed by atoms with E-state index in [1.54, 1.807) is 13.1 Å². The molecule has 164 valence electrons. The van der Waals surface area contributed by atoms with Crippen LogP contribution in [0.3, 0.4) is 0 Å². The molecule has 3 heterocycles. The lowest BCUT2D eigenvalue weighted by Gasteiger charge is -2.36. The van der Waals surface area contributed by atoms with Gasteiger partial charge in [-0.1, -0.05) is 17.8 Å². The van der Waals surface area contributed by atoms with Crippen molar-refractivity contribution in [3.8, 4) is 0 Å². The van der Waals surface area contributed by atoms with Gasteiger partial charge in [0.25, 0.3) is 5.56 Å². The molecule has 1 aliphatic heterocycles. The van der Waals surface area contributed by atoms with Gasteiger partial charge in [-0.15, -0.1) is 5.10 Å². The van der Waals surface area contributed by atoms with E-state index in [9.17, 15) is 18.0 Å². The van der Waals surface area contributed by atoms with Gasteiger partial charge in [0.1, 0.15) is 0 Å². The molecule has 31 heavy (non-hydrogen) atoms. The first-order valence-electron chi connectivity index (χ1n) is 9.42. The Hall–Kier alpha value is -3.09. The highest BCUT2D eigenvalue weighted by Gasteiger charge is 2.31. The van der Waals surface area contributed by atoms with Crippen LogP contribution in [0.25, 0.3) is 0 Å². The van der Waals surface area contributed by atoms with Crippen molar-refractivity contribution in [1.29, 1.82) is 0 Å². The number of anilines is 2. The molecule has 0 bridgehead atoms. The number of thioether (sulfide) groups is 1. The van der Waals surface area contributed by atoms with Crippen LogP contribution < -0.4 is 15.4 Å². The highest BCUT2D eigenvalue weighted by molar-refractivity contribution is 7.98. The Labute approximate surface area is 179 Å². The van der Waals surface area contributed by atoms with E-state index in [1.165, 1.54) is 28.6 Å². The van der Waals surface area contributed by atoms with Crippen molar-refractivity contribution in [3.63, 3.8) is 0 Å². The van der Waals surface area contributed by atoms with Gasteiger partial charge in [-0.25, -0.2) is 9.67 Å². The maximum atomic E-state index is 13.0. The Morgan fingerprint density at radius 3 is 2.55 bits per heavy atom.